The minimum absolute atomic E-state index is 0.0726. The lowest BCUT2D eigenvalue weighted by atomic mass is 10.1. The third kappa shape index (κ3) is 4.46. The monoisotopic (exact) mass is 401 g/mol. The molecule has 29 heavy (non-hydrogen) atoms. The van der Waals surface area contributed by atoms with E-state index < -0.39 is 0 Å². The molecule has 2 aromatic heterocycles. The van der Waals surface area contributed by atoms with Crippen molar-refractivity contribution in [3.05, 3.63) is 51.8 Å². The van der Waals surface area contributed by atoms with Crippen molar-refractivity contribution < 1.29 is 13.9 Å². The molecule has 8 nitrogen and oxygen atoms in total. The SMILES string of the molecule is COCCOc1ncc2[nH]c(=O)n(Cc3ccc(CN4CCCC4)cc3F)c2n1. The normalized spacial score (nSPS) is 14.7. The summed E-state index contributed by atoms with van der Waals surface area (Å²) in [5.74, 6) is -0.325. The average molecular weight is 401 g/mol. The molecular formula is C20H24FN5O3. The number of imidazole rings is 1. The number of ether oxygens (including phenoxy) is 2. The molecule has 1 aliphatic rings. The Kier molecular flexibility index (Phi) is 5.86. The fraction of sp³-hybridized carbons (Fsp3) is 0.450. The van der Waals surface area contributed by atoms with Crippen LogP contribution in [0.5, 0.6) is 6.01 Å². The summed E-state index contributed by atoms with van der Waals surface area (Å²) in [6.45, 7) is 3.63. The zero-order valence-corrected chi connectivity index (χ0v) is 16.4. The van der Waals surface area contributed by atoms with Crippen molar-refractivity contribution in [3.63, 3.8) is 0 Å². The van der Waals surface area contributed by atoms with Gasteiger partial charge in [-0.2, -0.15) is 4.98 Å². The maximum absolute atomic E-state index is 14.7. The second-order valence-corrected chi connectivity index (χ2v) is 7.16. The molecule has 0 radical (unpaired) electrons. The molecule has 1 fully saturated rings. The minimum atomic E-state index is -0.371. The molecule has 3 heterocycles. The molecule has 0 saturated carbocycles. The van der Waals surface area contributed by atoms with Gasteiger partial charge in [0.2, 0.25) is 0 Å². The number of methoxy groups -OCH3 is 1. The molecule has 0 bridgehead atoms. The van der Waals surface area contributed by atoms with Crippen LogP contribution in [0.4, 0.5) is 4.39 Å². The van der Waals surface area contributed by atoms with Gasteiger partial charge in [-0.3, -0.25) is 9.47 Å². The van der Waals surface area contributed by atoms with Crippen LogP contribution in [0.15, 0.2) is 29.2 Å². The van der Waals surface area contributed by atoms with E-state index in [-0.39, 0.29) is 24.1 Å². The van der Waals surface area contributed by atoms with Crippen molar-refractivity contribution in [3.8, 4) is 6.01 Å². The molecule has 1 saturated heterocycles. The molecular weight excluding hydrogens is 377 g/mol. The van der Waals surface area contributed by atoms with Gasteiger partial charge in [0.1, 0.15) is 17.9 Å². The van der Waals surface area contributed by atoms with E-state index in [1.807, 2.05) is 6.07 Å². The van der Waals surface area contributed by atoms with Gasteiger partial charge in [0, 0.05) is 19.2 Å². The summed E-state index contributed by atoms with van der Waals surface area (Å²) >= 11 is 0. The number of likely N-dealkylation sites (tertiary alicyclic amines) is 1. The topological polar surface area (TPSA) is 85.3 Å². The number of rotatable bonds is 8. The maximum Gasteiger partial charge on any atom is 0.328 e. The van der Waals surface area contributed by atoms with Crippen LogP contribution in [0, 0.1) is 5.82 Å². The highest BCUT2D eigenvalue weighted by atomic mass is 19.1. The zero-order chi connectivity index (χ0) is 20.2. The van der Waals surface area contributed by atoms with Crippen molar-refractivity contribution >= 4 is 11.2 Å². The number of aromatic nitrogens is 4. The van der Waals surface area contributed by atoms with E-state index >= 15 is 0 Å². The quantitative estimate of drug-likeness (QED) is 0.581. The Hall–Kier alpha value is -2.78. The maximum atomic E-state index is 14.7. The van der Waals surface area contributed by atoms with Gasteiger partial charge in [-0.15, -0.1) is 0 Å². The van der Waals surface area contributed by atoms with E-state index in [0.29, 0.717) is 29.9 Å². The Morgan fingerprint density at radius 2 is 2.03 bits per heavy atom. The van der Waals surface area contributed by atoms with Crippen LogP contribution in [0.2, 0.25) is 0 Å². The van der Waals surface area contributed by atoms with E-state index in [1.54, 1.807) is 19.2 Å². The minimum Gasteiger partial charge on any atom is -0.461 e. The van der Waals surface area contributed by atoms with E-state index in [4.69, 9.17) is 9.47 Å². The Balaban J connectivity index is 1.55. The summed E-state index contributed by atoms with van der Waals surface area (Å²) in [7, 11) is 1.57. The number of halogens is 1. The fourth-order valence-corrected chi connectivity index (χ4v) is 3.55. The van der Waals surface area contributed by atoms with Crippen LogP contribution < -0.4 is 10.4 Å². The van der Waals surface area contributed by atoms with Crippen LogP contribution in [0.1, 0.15) is 24.0 Å². The first-order valence-electron chi connectivity index (χ1n) is 9.71. The van der Waals surface area contributed by atoms with Crippen molar-refractivity contribution in [2.75, 3.05) is 33.4 Å². The molecule has 9 heteroatoms. The molecule has 3 aromatic rings. The highest BCUT2D eigenvalue weighted by Gasteiger charge is 2.15. The number of nitrogens with one attached hydrogen (secondary N) is 1. The number of nitrogens with zero attached hydrogens (tertiary/aromatic N) is 4. The van der Waals surface area contributed by atoms with Gasteiger partial charge in [-0.1, -0.05) is 12.1 Å². The van der Waals surface area contributed by atoms with Crippen molar-refractivity contribution in [2.24, 2.45) is 0 Å². The lowest BCUT2D eigenvalue weighted by molar-refractivity contribution is 0.141. The summed E-state index contributed by atoms with van der Waals surface area (Å²) < 4.78 is 26.5. The van der Waals surface area contributed by atoms with Crippen LogP contribution in [-0.2, 0) is 17.8 Å². The smallest absolute Gasteiger partial charge is 0.328 e. The highest BCUT2D eigenvalue weighted by Crippen LogP contribution is 2.18. The van der Waals surface area contributed by atoms with Gasteiger partial charge in [-0.25, -0.2) is 14.2 Å². The van der Waals surface area contributed by atoms with Crippen LogP contribution in [-0.4, -0.2) is 57.8 Å². The summed E-state index contributed by atoms with van der Waals surface area (Å²) in [4.78, 5) is 25.7. The van der Waals surface area contributed by atoms with Gasteiger partial charge in [-0.05, 0) is 37.6 Å². The molecule has 1 aliphatic heterocycles. The molecule has 0 amide bonds. The lowest BCUT2D eigenvalue weighted by Crippen LogP contribution is -2.20. The van der Waals surface area contributed by atoms with Crippen molar-refractivity contribution in [1.29, 1.82) is 0 Å². The number of aromatic amines is 1. The Labute approximate surface area is 167 Å². The third-order valence-electron chi connectivity index (χ3n) is 5.06. The molecule has 0 atom stereocenters. The summed E-state index contributed by atoms with van der Waals surface area (Å²) in [6.07, 6.45) is 3.88. The first-order chi connectivity index (χ1) is 14.1. The lowest BCUT2D eigenvalue weighted by Gasteiger charge is -2.15. The molecule has 4 rings (SSSR count). The number of hydrogen-bond acceptors (Lipinski definition) is 6. The Morgan fingerprint density at radius 1 is 1.21 bits per heavy atom. The van der Waals surface area contributed by atoms with Crippen LogP contribution in [0.25, 0.3) is 11.2 Å². The first kappa shape index (κ1) is 19.5. The van der Waals surface area contributed by atoms with E-state index in [9.17, 15) is 9.18 Å². The largest absolute Gasteiger partial charge is 0.461 e. The standard InChI is InChI=1S/C20H24FN5O3/c1-28-8-9-29-19-22-11-17-18(24-19)26(20(27)23-17)13-15-5-4-14(10-16(15)21)12-25-6-2-3-7-25/h4-5,10-11H,2-3,6-9,12-13H2,1H3,(H,23,27). The number of benzene rings is 1. The molecule has 0 unspecified atom stereocenters. The third-order valence-corrected chi connectivity index (χ3v) is 5.06. The van der Waals surface area contributed by atoms with Gasteiger partial charge in [0.25, 0.3) is 0 Å². The first-order valence-corrected chi connectivity index (χ1v) is 9.71. The fourth-order valence-electron chi connectivity index (χ4n) is 3.55. The second-order valence-electron chi connectivity index (χ2n) is 7.16. The number of fused-ring (bicyclic) bond motifs is 1. The molecule has 154 valence electrons. The average Bonchev–Trinajstić information content (AvgIpc) is 3.32. The van der Waals surface area contributed by atoms with Crippen LogP contribution >= 0.6 is 0 Å². The molecule has 0 aliphatic carbocycles. The van der Waals surface area contributed by atoms with E-state index in [2.05, 4.69) is 19.9 Å². The zero-order valence-electron chi connectivity index (χ0n) is 16.4. The number of H-pyrrole nitrogens is 1. The predicted molar refractivity (Wildman–Crippen MR) is 106 cm³/mol. The summed E-state index contributed by atoms with van der Waals surface area (Å²) in [5.41, 5.74) is 1.84. The van der Waals surface area contributed by atoms with Crippen molar-refractivity contribution in [2.45, 2.75) is 25.9 Å². The highest BCUT2D eigenvalue weighted by molar-refractivity contribution is 5.69. The number of hydrogen-bond donors (Lipinski definition) is 1. The molecule has 0 spiro atoms. The molecule has 1 N–H and O–H groups in total. The van der Waals surface area contributed by atoms with E-state index in [0.717, 1.165) is 25.2 Å². The van der Waals surface area contributed by atoms with Gasteiger partial charge in [0.05, 0.1) is 19.3 Å². The Bertz CT molecular complexity index is 1040. The van der Waals surface area contributed by atoms with Gasteiger partial charge >= 0.3 is 11.7 Å². The van der Waals surface area contributed by atoms with Gasteiger partial charge in [0.15, 0.2) is 5.65 Å². The van der Waals surface area contributed by atoms with E-state index in [1.165, 1.54) is 23.6 Å². The van der Waals surface area contributed by atoms with Crippen molar-refractivity contribution in [1.82, 2.24) is 24.4 Å². The predicted octanol–water partition coefficient (Wildman–Crippen LogP) is 1.93. The summed E-state index contributed by atoms with van der Waals surface area (Å²) in [6, 6.07) is 5.36. The second kappa shape index (κ2) is 8.71. The Morgan fingerprint density at radius 3 is 2.79 bits per heavy atom. The summed E-state index contributed by atoms with van der Waals surface area (Å²) in [5, 5.41) is 0. The van der Waals surface area contributed by atoms with Gasteiger partial charge < -0.3 is 14.5 Å². The molecule has 1 aromatic carbocycles. The van der Waals surface area contributed by atoms with Crippen LogP contribution in [0.3, 0.4) is 0 Å².